The van der Waals surface area contributed by atoms with Crippen molar-refractivity contribution in [3.05, 3.63) is 59.3 Å². The van der Waals surface area contributed by atoms with Crippen LogP contribution in [0, 0.1) is 0 Å². The molecule has 0 fully saturated rings. The molecule has 22 heavy (non-hydrogen) atoms. The Bertz CT molecular complexity index is 672. The summed E-state index contributed by atoms with van der Waals surface area (Å²) in [5, 5.41) is 11.4. The molecule has 1 amide bonds. The van der Waals surface area contributed by atoms with Gasteiger partial charge >= 0.3 is 0 Å². The van der Waals surface area contributed by atoms with E-state index in [0.717, 1.165) is 25.3 Å². The van der Waals surface area contributed by atoms with Crippen molar-refractivity contribution in [2.45, 2.75) is 13.0 Å². The molecule has 1 aromatic carbocycles. The van der Waals surface area contributed by atoms with Gasteiger partial charge in [-0.1, -0.05) is 24.3 Å². The lowest BCUT2D eigenvalue weighted by Crippen LogP contribution is -2.31. The van der Waals surface area contributed by atoms with Gasteiger partial charge in [0.2, 0.25) is 0 Å². The highest BCUT2D eigenvalue weighted by Gasteiger charge is 2.18. The van der Waals surface area contributed by atoms with Gasteiger partial charge < -0.3 is 15.3 Å². The zero-order chi connectivity index (χ0) is 15.4. The molecule has 0 saturated carbocycles. The number of nitrogens with one attached hydrogen (secondary N) is 1. The minimum atomic E-state index is -0.185. The van der Waals surface area contributed by atoms with Gasteiger partial charge in [-0.25, -0.2) is 4.98 Å². The van der Waals surface area contributed by atoms with E-state index in [9.17, 15) is 4.79 Å². The van der Waals surface area contributed by atoms with Crippen molar-refractivity contribution < 1.29 is 9.90 Å². The lowest BCUT2D eigenvalue weighted by molar-refractivity contribution is 0.0944. The molecule has 0 spiro atoms. The summed E-state index contributed by atoms with van der Waals surface area (Å²) in [6, 6.07) is 11.9. The number of hydrogen-bond acceptors (Lipinski definition) is 4. The molecule has 2 heterocycles. The fraction of sp³-hybridized carbons (Fsp3) is 0.294. The first-order valence-electron chi connectivity index (χ1n) is 7.45. The molecule has 114 valence electrons. The molecule has 2 aromatic rings. The van der Waals surface area contributed by atoms with Crippen LogP contribution in [0.25, 0.3) is 0 Å². The first kappa shape index (κ1) is 14.5. The third kappa shape index (κ3) is 3.09. The second kappa shape index (κ2) is 6.58. The van der Waals surface area contributed by atoms with Gasteiger partial charge in [-0.2, -0.15) is 0 Å². The van der Waals surface area contributed by atoms with Crippen molar-refractivity contribution in [2.24, 2.45) is 0 Å². The number of rotatable bonds is 4. The number of aliphatic hydroxyl groups is 1. The minimum absolute atomic E-state index is 0.0629. The number of nitrogens with zero attached hydrogens (tertiary/aromatic N) is 2. The molecule has 0 saturated heterocycles. The molecule has 0 radical (unpaired) electrons. The topological polar surface area (TPSA) is 65.5 Å². The van der Waals surface area contributed by atoms with Crippen LogP contribution in [0.4, 0.5) is 5.82 Å². The van der Waals surface area contributed by atoms with Crippen molar-refractivity contribution in [3.63, 3.8) is 0 Å². The lowest BCUT2D eigenvalue weighted by atomic mass is 10.00. The first-order valence-corrected chi connectivity index (χ1v) is 7.45. The summed E-state index contributed by atoms with van der Waals surface area (Å²) in [6.45, 7) is 1.90. The molecule has 1 aliphatic heterocycles. The highest BCUT2D eigenvalue weighted by atomic mass is 16.3. The summed E-state index contributed by atoms with van der Waals surface area (Å²) in [6.07, 6.45) is 2.64. The number of carbonyl (C=O) groups excluding carboxylic acids is 1. The molecule has 1 aromatic heterocycles. The second-order valence-electron chi connectivity index (χ2n) is 5.32. The molecule has 1 aliphatic rings. The standard InChI is InChI=1S/C17H19N3O2/c21-10-8-19-17(22)14-5-7-18-16(11-14)20-9-6-13-3-1-2-4-15(13)12-20/h1-5,7,11,21H,6,8-10,12H2,(H,19,22). The van der Waals surface area contributed by atoms with Gasteiger partial charge in [-0.15, -0.1) is 0 Å². The van der Waals surface area contributed by atoms with E-state index >= 15 is 0 Å². The fourth-order valence-electron chi connectivity index (χ4n) is 2.70. The maximum atomic E-state index is 12.0. The van der Waals surface area contributed by atoms with Crippen LogP contribution in [0.5, 0.6) is 0 Å². The Labute approximate surface area is 129 Å². The average molecular weight is 297 g/mol. The first-order chi connectivity index (χ1) is 10.8. The molecule has 3 rings (SSSR count). The molecule has 0 unspecified atom stereocenters. The van der Waals surface area contributed by atoms with Crippen molar-refractivity contribution in [1.29, 1.82) is 0 Å². The number of benzene rings is 1. The summed E-state index contributed by atoms with van der Waals surface area (Å²) in [7, 11) is 0. The SMILES string of the molecule is O=C(NCCO)c1ccnc(N2CCc3ccccc3C2)c1. The summed E-state index contributed by atoms with van der Waals surface area (Å²) >= 11 is 0. The summed E-state index contributed by atoms with van der Waals surface area (Å²) in [4.78, 5) is 18.5. The predicted molar refractivity (Wildman–Crippen MR) is 84.9 cm³/mol. The van der Waals surface area contributed by atoms with Crippen LogP contribution < -0.4 is 10.2 Å². The Hall–Kier alpha value is -2.40. The zero-order valence-corrected chi connectivity index (χ0v) is 12.3. The third-order valence-corrected chi connectivity index (χ3v) is 3.86. The Morgan fingerprint density at radius 2 is 2.09 bits per heavy atom. The van der Waals surface area contributed by atoms with Gasteiger partial charge in [0.05, 0.1) is 6.61 Å². The second-order valence-corrected chi connectivity index (χ2v) is 5.32. The minimum Gasteiger partial charge on any atom is -0.395 e. The lowest BCUT2D eigenvalue weighted by Gasteiger charge is -2.29. The maximum Gasteiger partial charge on any atom is 0.251 e. The van der Waals surface area contributed by atoms with Gasteiger partial charge in [0.25, 0.3) is 5.91 Å². The molecule has 2 N–H and O–H groups in total. The Morgan fingerprint density at radius 1 is 1.27 bits per heavy atom. The van der Waals surface area contributed by atoms with E-state index in [1.54, 1.807) is 18.3 Å². The van der Waals surface area contributed by atoms with E-state index in [1.807, 2.05) is 0 Å². The van der Waals surface area contributed by atoms with Gasteiger partial charge in [-0.05, 0) is 29.7 Å². The number of aromatic nitrogens is 1. The van der Waals surface area contributed by atoms with Gasteiger partial charge in [0.1, 0.15) is 5.82 Å². The van der Waals surface area contributed by atoms with Gasteiger partial charge in [0, 0.05) is 31.4 Å². The predicted octanol–water partition coefficient (Wildman–Crippen LogP) is 1.37. The number of anilines is 1. The summed E-state index contributed by atoms with van der Waals surface area (Å²) < 4.78 is 0. The molecule has 0 aliphatic carbocycles. The zero-order valence-electron chi connectivity index (χ0n) is 12.3. The molecule has 0 bridgehead atoms. The molecule has 0 atom stereocenters. The quantitative estimate of drug-likeness (QED) is 0.894. The maximum absolute atomic E-state index is 12.0. The van der Waals surface area contributed by atoms with Crippen molar-refractivity contribution in [3.8, 4) is 0 Å². The van der Waals surface area contributed by atoms with Gasteiger partial charge in [-0.3, -0.25) is 4.79 Å². The fourth-order valence-corrected chi connectivity index (χ4v) is 2.70. The van der Waals surface area contributed by atoms with E-state index in [0.29, 0.717) is 5.56 Å². The molecular weight excluding hydrogens is 278 g/mol. The average Bonchev–Trinajstić information content (AvgIpc) is 2.59. The molecule has 5 heteroatoms. The van der Waals surface area contributed by atoms with E-state index in [-0.39, 0.29) is 19.1 Å². The molecule has 5 nitrogen and oxygen atoms in total. The largest absolute Gasteiger partial charge is 0.395 e. The van der Waals surface area contributed by atoms with Gasteiger partial charge in [0.15, 0.2) is 0 Å². The van der Waals surface area contributed by atoms with Crippen LogP contribution in [0.1, 0.15) is 21.5 Å². The van der Waals surface area contributed by atoms with Crippen LogP contribution in [0.3, 0.4) is 0 Å². The number of hydrogen-bond donors (Lipinski definition) is 2. The van der Waals surface area contributed by atoms with Crippen molar-refractivity contribution in [1.82, 2.24) is 10.3 Å². The summed E-state index contributed by atoms with van der Waals surface area (Å²) in [5.74, 6) is 0.626. The van der Waals surface area contributed by atoms with Crippen LogP contribution in [-0.2, 0) is 13.0 Å². The monoisotopic (exact) mass is 297 g/mol. The summed E-state index contributed by atoms with van der Waals surface area (Å²) in [5.41, 5.74) is 3.26. The third-order valence-electron chi connectivity index (χ3n) is 3.86. The van der Waals surface area contributed by atoms with Crippen molar-refractivity contribution in [2.75, 3.05) is 24.6 Å². The van der Waals surface area contributed by atoms with Crippen LogP contribution in [0.15, 0.2) is 42.6 Å². The van der Waals surface area contributed by atoms with E-state index in [4.69, 9.17) is 5.11 Å². The van der Waals surface area contributed by atoms with E-state index < -0.39 is 0 Å². The number of aliphatic hydroxyl groups excluding tert-OH is 1. The number of amides is 1. The Kier molecular flexibility index (Phi) is 4.34. The smallest absolute Gasteiger partial charge is 0.251 e. The number of fused-ring (bicyclic) bond motifs is 1. The van der Waals surface area contributed by atoms with Crippen molar-refractivity contribution >= 4 is 11.7 Å². The Morgan fingerprint density at radius 3 is 2.91 bits per heavy atom. The molecular formula is C17H19N3O2. The van der Waals surface area contributed by atoms with Crippen LogP contribution in [0.2, 0.25) is 0 Å². The van der Waals surface area contributed by atoms with E-state index in [1.165, 1.54) is 11.1 Å². The number of carbonyl (C=O) groups is 1. The van der Waals surface area contributed by atoms with Crippen LogP contribution in [-0.4, -0.2) is 35.7 Å². The highest BCUT2D eigenvalue weighted by Crippen LogP contribution is 2.23. The van der Waals surface area contributed by atoms with E-state index in [2.05, 4.69) is 39.5 Å². The highest BCUT2D eigenvalue weighted by molar-refractivity contribution is 5.94. The Balaban J connectivity index is 1.77. The normalized spacial score (nSPS) is 13.6. The van der Waals surface area contributed by atoms with Crippen LogP contribution >= 0.6 is 0 Å². The number of pyridine rings is 1.